The van der Waals surface area contributed by atoms with Gasteiger partial charge < -0.3 is 19.9 Å². The van der Waals surface area contributed by atoms with Crippen molar-refractivity contribution in [2.45, 2.75) is 6.42 Å². The van der Waals surface area contributed by atoms with E-state index in [1.54, 1.807) is 0 Å². The van der Waals surface area contributed by atoms with Crippen molar-refractivity contribution in [2.24, 2.45) is 0 Å². The monoisotopic (exact) mass is 217 g/mol. The molecular weight excluding hydrogens is 202 g/mol. The predicted octanol–water partition coefficient (Wildman–Crippen LogP) is 0.390. The van der Waals surface area contributed by atoms with E-state index in [-0.39, 0.29) is 26.2 Å². The maximum atomic E-state index is 10.8. The van der Waals surface area contributed by atoms with E-state index >= 15 is 0 Å². The third kappa shape index (κ3) is 10.4. The molecule has 6 heteroatoms. The Hall–Kier alpha value is -1.56. The van der Waals surface area contributed by atoms with E-state index in [0.29, 0.717) is 6.54 Å². The van der Waals surface area contributed by atoms with E-state index in [0.717, 1.165) is 0 Å². The fourth-order valence-electron chi connectivity index (χ4n) is 0.661. The quantitative estimate of drug-likeness (QED) is 0.454. The van der Waals surface area contributed by atoms with Gasteiger partial charge in [-0.3, -0.25) is 4.79 Å². The van der Waals surface area contributed by atoms with Crippen LogP contribution in [0.2, 0.25) is 0 Å². The molecule has 0 aromatic carbocycles. The number of carboxylic acids is 1. The van der Waals surface area contributed by atoms with Crippen LogP contribution in [0.3, 0.4) is 0 Å². The fraction of sp³-hybridized carbons (Fsp3) is 0.556. The first-order chi connectivity index (χ1) is 7.16. The summed E-state index contributed by atoms with van der Waals surface area (Å²) in [5.74, 6) is -0.917. The Morgan fingerprint density at radius 2 is 2.07 bits per heavy atom. The zero-order valence-corrected chi connectivity index (χ0v) is 8.40. The lowest BCUT2D eigenvalue weighted by atomic mass is 10.5. The molecule has 0 heterocycles. The number of amides is 1. The maximum absolute atomic E-state index is 10.8. The highest BCUT2D eigenvalue weighted by atomic mass is 16.6. The lowest BCUT2D eigenvalue weighted by Crippen LogP contribution is -2.25. The van der Waals surface area contributed by atoms with Crippen LogP contribution in [-0.4, -0.2) is 43.5 Å². The predicted molar refractivity (Wildman–Crippen MR) is 52.6 cm³/mol. The number of hydrogen-bond donors (Lipinski definition) is 2. The molecule has 0 saturated carbocycles. The molecule has 0 fully saturated rings. The first-order valence-electron chi connectivity index (χ1n) is 4.48. The zero-order chi connectivity index (χ0) is 11.5. The van der Waals surface area contributed by atoms with Gasteiger partial charge in [0.15, 0.2) is 0 Å². The van der Waals surface area contributed by atoms with Crippen LogP contribution in [0, 0.1) is 0 Å². The summed E-state index contributed by atoms with van der Waals surface area (Å²) in [6.45, 7) is 4.17. The van der Waals surface area contributed by atoms with Gasteiger partial charge in [-0.25, -0.2) is 4.79 Å². The molecule has 0 unspecified atom stereocenters. The molecule has 86 valence electrons. The van der Waals surface area contributed by atoms with E-state index in [1.807, 2.05) is 0 Å². The average molecular weight is 217 g/mol. The highest BCUT2D eigenvalue weighted by molar-refractivity contribution is 5.67. The molecule has 15 heavy (non-hydrogen) atoms. The summed E-state index contributed by atoms with van der Waals surface area (Å²) in [6, 6.07) is 0. The minimum atomic E-state index is -0.917. The summed E-state index contributed by atoms with van der Waals surface area (Å²) < 4.78 is 9.57. The van der Waals surface area contributed by atoms with E-state index in [2.05, 4.69) is 16.6 Å². The van der Waals surface area contributed by atoms with Gasteiger partial charge in [0, 0.05) is 6.54 Å². The molecule has 2 N–H and O–H groups in total. The Bertz CT molecular complexity index is 217. The smallest absolute Gasteiger partial charge is 0.407 e. The Labute approximate surface area is 87.9 Å². The van der Waals surface area contributed by atoms with Gasteiger partial charge in [-0.05, 0) is 0 Å². The molecular formula is C9H15NO5. The topological polar surface area (TPSA) is 84.9 Å². The lowest BCUT2D eigenvalue weighted by molar-refractivity contribution is -0.138. The number of aliphatic carboxylic acids is 1. The lowest BCUT2D eigenvalue weighted by Gasteiger charge is -2.05. The number of carbonyl (C=O) groups is 2. The molecule has 0 rings (SSSR count). The van der Waals surface area contributed by atoms with Crippen molar-refractivity contribution >= 4 is 12.1 Å². The zero-order valence-electron chi connectivity index (χ0n) is 8.40. The average Bonchev–Trinajstić information content (AvgIpc) is 2.19. The van der Waals surface area contributed by atoms with Gasteiger partial charge in [0.2, 0.25) is 0 Å². The Morgan fingerprint density at radius 1 is 1.33 bits per heavy atom. The number of nitrogens with one attached hydrogen (secondary N) is 1. The van der Waals surface area contributed by atoms with Crippen molar-refractivity contribution in [1.82, 2.24) is 5.32 Å². The van der Waals surface area contributed by atoms with Gasteiger partial charge in [-0.1, -0.05) is 6.08 Å². The Balaban J connectivity index is 3.19. The van der Waals surface area contributed by atoms with Crippen LogP contribution in [0.25, 0.3) is 0 Å². The van der Waals surface area contributed by atoms with E-state index < -0.39 is 12.1 Å². The molecule has 0 aliphatic rings. The standard InChI is InChI=1S/C9H15NO5/c1-2-4-10-9(13)15-7-6-14-5-3-8(11)12/h2H,1,3-7H2,(H,10,13)(H,11,12). The molecule has 1 amide bonds. The van der Waals surface area contributed by atoms with Gasteiger partial charge in [0.05, 0.1) is 19.6 Å². The molecule has 6 nitrogen and oxygen atoms in total. The van der Waals surface area contributed by atoms with Crippen molar-refractivity contribution < 1.29 is 24.2 Å². The second kappa shape index (κ2) is 9.01. The molecule has 0 aliphatic heterocycles. The second-order valence-electron chi connectivity index (χ2n) is 2.56. The summed E-state index contributed by atoms with van der Waals surface area (Å²) in [6.07, 6.45) is 0.935. The van der Waals surface area contributed by atoms with Gasteiger partial charge in [0.1, 0.15) is 6.61 Å². The number of rotatable bonds is 8. The molecule has 0 saturated heterocycles. The van der Waals surface area contributed by atoms with Crippen LogP contribution in [-0.2, 0) is 14.3 Å². The molecule has 0 atom stereocenters. The second-order valence-corrected chi connectivity index (χ2v) is 2.56. The minimum absolute atomic E-state index is 0.0529. The first kappa shape index (κ1) is 13.4. The van der Waals surface area contributed by atoms with Gasteiger partial charge in [-0.15, -0.1) is 6.58 Å². The molecule has 0 aromatic rings. The van der Waals surface area contributed by atoms with Crippen LogP contribution >= 0.6 is 0 Å². The molecule has 0 bridgehead atoms. The van der Waals surface area contributed by atoms with E-state index in [1.165, 1.54) is 6.08 Å². The third-order valence-electron chi connectivity index (χ3n) is 1.31. The molecule has 0 aliphatic carbocycles. The summed E-state index contributed by atoms with van der Waals surface area (Å²) >= 11 is 0. The highest BCUT2D eigenvalue weighted by Gasteiger charge is 1.99. The van der Waals surface area contributed by atoms with Crippen molar-refractivity contribution in [3.05, 3.63) is 12.7 Å². The van der Waals surface area contributed by atoms with Crippen LogP contribution in [0.5, 0.6) is 0 Å². The number of carbonyl (C=O) groups excluding carboxylic acids is 1. The first-order valence-corrected chi connectivity index (χ1v) is 4.48. The van der Waals surface area contributed by atoms with Crippen molar-refractivity contribution in [1.29, 1.82) is 0 Å². The Kier molecular flexibility index (Phi) is 8.08. The van der Waals surface area contributed by atoms with Crippen LogP contribution in [0.1, 0.15) is 6.42 Å². The normalized spacial score (nSPS) is 9.33. The fourth-order valence-corrected chi connectivity index (χ4v) is 0.661. The SMILES string of the molecule is C=CCNC(=O)OCCOCCC(=O)O. The van der Waals surface area contributed by atoms with Gasteiger partial charge in [-0.2, -0.15) is 0 Å². The number of hydrogen-bond acceptors (Lipinski definition) is 4. The van der Waals surface area contributed by atoms with Crippen molar-refractivity contribution in [3.63, 3.8) is 0 Å². The summed E-state index contributed by atoms with van der Waals surface area (Å²) in [5, 5.41) is 10.7. The third-order valence-corrected chi connectivity index (χ3v) is 1.31. The van der Waals surface area contributed by atoms with Crippen LogP contribution < -0.4 is 5.32 Å². The summed E-state index contributed by atoms with van der Waals surface area (Å²) in [7, 11) is 0. The number of ether oxygens (including phenoxy) is 2. The Morgan fingerprint density at radius 3 is 2.67 bits per heavy atom. The van der Waals surface area contributed by atoms with Crippen LogP contribution in [0.4, 0.5) is 4.79 Å². The minimum Gasteiger partial charge on any atom is -0.481 e. The maximum Gasteiger partial charge on any atom is 0.407 e. The number of alkyl carbamates (subject to hydrolysis) is 1. The van der Waals surface area contributed by atoms with Crippen molar-refractivity contribution in [2.75, 3.05) is 26.4 Å². The molecule has 0 aromatic heterocycles. The molecule has 0 spiro atoms. The van der Waals surface area contributed by atoms with Crippen molar-refractivity contribution in [3.8, 4) is 0 Å². The molecule has 0 radical (unpaired) electrons. The van der Waals surface area contributed by atoms with E-state index in [4.69, 9.17) is 9.84 Å². The van der Waals surface area contributed by atoms with Gasteiger partial charge >= 0.3 is 12.1 Å². The van der Waals surface area contributed by atoms with Crippen LogP contribution in [0.15, 0.2) is 12.7 Å². The van der Waals surface area contributed by atoms with Gasteiger partial charge in [0.25, 0.3) is 0 Å². The largest absolute Gasteiger partial charge is 0.481 e. The summed E-state index contributed by atoms with van der Waals surface area (Å²) in [5.41, 5.74) is 0. The number of carboxylic acid groups (broad SMARTS) is 1. The highest BCUT2D eigenvalue weighted by Crippen LogP contribution is 1.84. The summed E-state index contributed by atoms with van der Waals surface area (Å²) in [4.78, 5) is 20.9. The van der Waals surface area contributed by atoms with E-state index in [9.17, 15) is 9.59 Å².